The fourth-order valence-electron chi connectivity index (χ4n) is 9.10. The first-order chi connectivity index (χ1) is 23.6. The summed E-state index contributed by atoms with van der Waals surface area (Å²) in [5, 5.41) is 53.3. The summed E-state index contributed by atoms with van der Waals surface area (Å²) in [4.78, 5) is 15.1. The number of carbonyl (C=O) groups is 1. The molecule has 49 heavy (non-hydrogen) atoms. The number of carbonyl (C=O) groups excluding carboxylic acids is 1. The number of aliphatic hydroxyl groups excluding tert-OH is 1. The number of methoxy groups -OCH3 is 2. The number of thioether (sulfide) groups is 1. The van der Waals surface area contributed by atoms with Gasteiger partial charge in [0.2, 0.25) is 6.79 Å². The number of phenolic OH excluding ortho intramolecular Hbond substituents is 3. The normalized spacial score (nSPS) is 30.7. The average molecular weight is 692 g/mol. The Hall–Kier alpha value is -4.08. The van der Waals surface area contributed by atoms with E-state index in [1.165, 1.54) is 26.0 Å². The van der Waals surface area contributed by atoms with Crippen molar-refractivity contribution in [2.45, 2.75) is 67.2 Å². The summed E-state index contributed by atoms with van der Waals surface area (Å²) in [7, 11) is 2.97. The lowest BCUT2D eigenvalue weighted by atomic mass is 9.74. The highest BCUT2D eigenvalue weighted by Gasteiger charge is 2.62. The highest BCUT2D eigenvalue weighted by Crippen LogP contribution is 2.65. The van der Waals surface area contributed by atoms with E-state index in [0.717, 1.165) is 16.7 Å². The van der Waals surface area contributed by atoms with Gasteiger partial charge in [0, 0.05) is 40.4 Å². The number of phenols is 3. The van der Waals surface area contributed by atoms with Crippen molar-refractivity contribution in [2.24, 2.45) is 0 Å². The fraction of sp³-hybridized carbons (Fsp3) is 0.457. The smallest absolute Gasteiger partial charge is 0.341 e. The molecule has 258 valence electrons. The standard InChI is InChI=1S/C35H37N3O10S/c1-13-7-16-8-18-33(42)38-19-11-46-34(43)35(17-10-21(44-3)20(39)9-15(17)5-6-36-35)49-32(26(38)25(37-18)22(16)28(41)29(13)45-4)24-23(19)31-30(47-12-48-31)14(2)27(24)40/h7,9-10,18-19,25-26,32-33,36-37,39-42H,5-6,8,11-12H2,1-4H3/t18?,19-,25?,26?,32+,33-,35-/m0/s1. The molecule has 0 saturated carbocycles. The van der Waals surface area contributed by atoms with Crippen LogP contribution in [-0.2, 0) is 27.2 Å². The van der Waals surface area contributed by atoms with Gasteiger partial charge in [0.05, 0.1) is 37.6 Å². The minimum absolute atomic E-state index is 0.00331. The lowest BCUT2D eigenvalue weighted by molar-refractivity contribution is -0.159. The highest BCUT2D eigenvalue weighted by molar-refractivity contribution is 8.01. The summed E-state index contributed by atoms with van der Waals surface area (Å²) < 4.78 is 29.4. The molecule has 1 spiro atoms. The van der Waals surface area contributed by atoms with Crippen LogP contribution in [0.3, 0.4) is 0 Å². The number of benzene rings is 3. The van der Waals surface area contributed by atoms with Gasteiger partial charge in [-0.05, 0) is 55.5 Å². The molecule has 14 heteroatoms. The van der Waals surface area contributed by atoms with E-state index in [-0.39, 0.29) is 36.4 Å². The maximum atomic E-state index is 14.6. The van der Waals surface area contributed by atoms with Crippen molar-refractivity contribution in [1.82, 2.24) is 15.5 Å². The number of rotatable bonds is 2. The Bertz CT molecular complexity index is 1960. The summed E-state index contributed by atoms with van der Waals surface area (Å²) in [6, 6.07) is 2.92. The first-order valence-electron chi connectivity index (χ1n) is 16.4. The summed E-state index contributed by atoms with van der Waals surface area (Å²) >= 11 is 1.27. The quantitative estimate of drug-likeness (QED) is 0.217. The molecule has 6 aliphatic rings. The Morgan fingerprint density at radius 3 is 2.55 bits per heavy atom. The van der Waals surface area contributed by atoms with Crippen LogP contribution in [0.2, 0.25) is 0 Å². The maximum Gasteiger partial charge on any atom is 0.341 e. The van der Waals surface area contributed by atoms with E-state index in [0.29, 0.717) is 64.5 Å². The Morgan fingerprint density at radius 1 is 0.980 bits per heavy atom. The zero-order valence-corrected chi connectivity index (χ0v) is 28.1. The number of piperazine rings is 1. The number of hydrogen-bond acceptors (Lipinski definition) is 14. The number of ether oxygens (including phenoxy) is 5. The molecule has 1 fully saturated rings. The zero-order valence-electron chi connectivity index (χ0n) is 27.3. The van der Waals surface area contributed by atoms with Crippen LogP contribution < -0.4 is 29.6 Å². The van der Waals surface area contributed by atoms with Gasteiger partial charge >= 0.3 is 5.97 Å². The monoisotopic (exact) mass is 691 g/mol. The van der Waals surface area contributed by atoms with Crippen LogP contribution in [0.25, 0.3) is 0 Å². The molecule has 0 aliphatic carbocycles. The van der Waals surface area contributed by atoms with Crippen molar-refractivity contribution in [3.8, 4) is 40.2 Å². The summed E-state index contributed by atoms with van der Waals surface area (Å²) in [5.41, 5.74) is 5.28. The lowest BCUT2D eigenvalue weighted by Crippen LogP contribution is -2.69. The zero-order chi connectivity index (χ0) is 34.1. The summed E-state index contributed by atoms with van der Waals surface area (Å²) in [6.07, 6.45) is -0.0706. The minimum atomic E-state index is -1.51. The maximum absolute atomic E-state index is 14.6. The van der Waals surface area contributed by atoms with Gasteiger partial charge in [0.25, 0.3) is 0 Å². The molecule has 1 saturated heterocycles. The molecular weight excluding hydrogens is 654 g/mol. The van der Waals surface area contributed by atoms with Gasteiger partial charge in [-0.25, -0.2) is 4.79 Å². The Morgan fingerprint density at radius 2 is 1.78 bits per heavy atom. The van der Waals surface area contributed by atoms with Crippen LogP contribution >= 0.6 is 11.8 Å². The lowest BCUT2D eigenvalue weighted by Gasteiger charge is -2.58. The van der Waals surface area contributed by atoms with Crippen molar-refractivity contribution in [1.29, 1.82) is 0 Å². The molecule has 6 heterocycles. The van der Waals surface area contributed by atoms with Gasteiger partial charge in [-0.2, -0.15) is 0 Å². The Balaban J connectivity index is 1.34. The first-order valence-corrected chi connectivity index (χ1v) is 17.2. The first kappa shape index (κ1) is 30.9. The Labute approximate surface area is 286 Å². The van der Waals surface area contributed by atoms with E-state index in [1.54, 1.807) is 19.1 Å². The van der Waals surface area contributed by atoms with Crippen molar-refractivity contribution in [3.05, 3.63) is 62.7 Å². The van der Waals surface area contributed by atoms with Crippen molar-refractivity contribution >= 4 is 17.7 Å². The Kier molecular flexibility index (Phi) is 6.76. The van der Waals surface area contributed by atoms with E-state index in [4.69, 9.17) is 23.7 Å². The fourth-order valence-corrected chi connectivity index (χ4v) is 10.9. The van der Waals surface area contributed by atoms with Crippen molar-refractivity contribution in [3.63, 3.8) is 0 Å². The van der Waals surface area contributed by atoms with Crippen LogP contribution in [0.5, 0.6) is 40.2 Å². The van der Waals surface area contributed by atoms with Gasteiger partial charge < -0.3 is 49.4 Å². The van der Waals surface area contributed by atoms with E-state index in [1.807, 2.05) is 17.9 Å². The molecule has 3 aromatic carbocycles. The summed E-state index contributed by atoms with van der Waals surface area (Å²) in [5.74, 6) is 0.861. The molecule has 4 bridgehead atoms. The van der Waals surface area contributed by atoms with Crippen molar-refractivity contribution in [2.75, 3.05) is 34.2 Å². The van der Waals surface area contributed by atoms with Crippen LogP contribution in [-0.4, -0.2) is 83.8 Å². The second-order valence-electron chi connectivity index (χ2n) is 13.5. The topological polar surface area (TPSA) is 171 Å². The molecule has 6 aliphatic heterocycles. The highest BCUT2D eigenvalue weighted by atomic mass is 32.2. The minimum Gasteiger partial charge on any atom is -0.507 e. The number of aliphatic hydroxyl groups is 1. The van der Waals surface area contributed by atoms with Gasteiger partial charge in [0.15, 0.2) is 39.4 Å². The van der Waals surface area contributed by atoms with Crippen LogP contribution in [0.1, 0.15) is 61.8 Å². The molecule has 13 nitrogen and oxygen atoms in total. The average Bonchev–Trinajstić information content (AvgIpc) is 3.60. The van der Waals surface area contributed by atoms with Crippen LogP contribution in [0.15, 0.2) is 18.2 Å². The van der Waals surface area contributed by atoms with E-state index >= 15 is 0 Å². The van der Waals surface area contributed by atoms with Crippen molar-refractivity contribution < 1.29 is 48.9 Å². The van der Waals surface area contributed by atoms with Gasteiger partial charge in [0.1, 0.15) is 18.6 Å². The number of cyclic esters (lactones) is 1. The van der Waals surface area contributed by atoms with Gasteiger partial charge in [-0.3, -0.25) is 10.2 Å². The second kappa shape index (κ2) is 10.7. The predicted molar refractivity (Wildman–Crippen MR) is 175 cm³/mol. The number of nitrogens with one attached hydrogen (secondary N) is 2. The largest absolute Gasteiger partial charge is 0.507 e. The second-order valence-corrected chi connectivity index (χ2v) is 14.9. The van der Waals surface area contributed by atoms with E-state index in [9.17, 15) is 25.2 Å². The third-order valence-corrected chi connectivity index (χ3v) is 12.8. The predicted octanol–water partition coefficient (Wildman–Crippen LogP) is 2.81. The molecule has 6 N–H and O–H groups in total. The molecule has 3 unspecified atom stereocenters. The van der Waals surface area contributed by atoms with Gasteiger partial charge in [-0.15, -0.1) is 11.8 Å². The number of esters is 1. The summed E-state index contributed by atoms with van der Waals surface area (Å²) in [6.45, 7) is 3.83. The molecule has 3 aromatic rings. The number of aromatic hydroxyl groups is 3. The van der Waals surface area contributed by atoms with Crippen LogP contribution in [0, 0.1) is 13.8 Å². The SMILES string of the molecule is COc1cc2c(cc1O)CCN[C@]21S[C@@H]2c3c(O)c(C)c4c(c3[C@H](COC1=O)N1C2C2NC(Cc3cc(C)c(OC)c(O)c32)[C@@H]1O)OCO4. The molecular formula is C35H37N3O10S. The third kappa shape index (κ3) is 4.00. The number of hydrogen-bond donors (Lipinski definition) is 6. The number of aryl methyl sites for hydroxylation is 1. The third-order valence-electron chi connectivity index (χ3n) is 11.2. The molecule has 0 aromatic heterocycles. The molecule has 0 amide bonds. The van der Waals surface area contributed by atoms with E-state index < -0.39 is 46.5 Å². The van der Waals surface area contributed by atoms with Crippen LogP contribution in [0.4, 0.5) is 0 Å². The van der Waals surface area contributed by atoms with Gasteiger partial charge in [-0.1, -0.05) is 6.07 Å². The molecule has 7 atom stereocenters. The number of nitrogens with zero attached hydrogens (tertiary/aromatic N) is 1. The number of fused-ring (bicyclic) bond motifs is 11. The van der Waals surface area contributed by atoms with E-state index in [2.05, 4.69) is 10.6 Å². The molecule has 0 radical (unpaired) electrons. The molecule has 9 rings (SSSR count).